The lowest BCUT2D eigenvalue weighted by atomic mass is 10.0. The first-order valence-corrected chi connectivity index (χ1v) is 12.8. The number of halogens is 3. The summed E-state index contributed by atoms with van der Waals surface area (Å²) in [6.07, 6.45) is -1.33. The van der Waals surface area contributed by atoms with Crippen LogP contribution in [0.1, 0.15) is 36.1 Å². The highest BCUT2D eigenvalue weighted by molar-refractivity contribution is 5.81. The fraction of sp³-hybridized carbons (Fsp3) is 0.357. The third-order valence-electron chi connectivity index (χ3n) is 6.60. The van der Waals surface area contributed by atoms with E-state index in [1.165, 1.54) is 37.1 Å². The van der Waals surface area contributed by atoms with Gasteiger partial charge in [0.15, 0.2) is 5.69 Å². The fourth-order valence-electron chi connectivity index (χ4n) is 4.64. The molecule has 39 heavy (non-hydrogen) atoms. The molecule has 8 nitrogen and oxygen atoms in total. The average Bonchev–Trinajstić information content (AvgIpc) is 3.65. The van der Waals surface area contributed by atoms with Crippen LogP contribution in [-0.2, 0) is 17.8 Å². The van der Waals surface area contributed by atoms with Crippen molar-refractivity contribution in [2.75, 3.05) is 19.6 Å². The van der Waals surface area contributed by atoms with Crippen molar-refractivity contribution >= 4 is 5.78 Å². The molecule has 3 heterocycles. The van der Waals surface area contributed by atoms with Crippen molar-refractivity contribution in [2.24, 2.45) is 0 Å². The highest BCUT2D eigenvalue weighted by atomic mass is 19.4. The molecule has 0 saturated carbocycles. The molecular weight excluding hydrogens is 511 g/mol. The Morgan fingerprint density at radius 2 is 1.79 bits per heavy atom. The van der Waals surface area contributed by atoms with E-state index >= 15 is 0 Å². The summed E-state index contributed by atoms with van der Waals surface area (Å²) in [5, 5.41) is 8.54. The number of alkyl halides is 3. The van der Waals surface area contributed by atoms with Gasteiger partial charge in [-0.2, -0.15) is 10.1 Å². The number of nitrogens with zero attached hydrogens (tertiary/aromatic N) is 5. The van der Waals surface area contributed by atoms with Crippen LogP contribution in [0.25, 0.3) is 23.0 Å². The molecule has 204 valence electrons. The molecule has 0 bridgehead atoms. The van der Waals surface area contributed by atoms with Crippen molar-refractivity contribution in [1.82, 2.24) is 24.8 Å². The van der Waals surface area contributed by atoms with E-state index in [0.29, 0.717) is 30.6 Å². The minimum atomic E-state index is -4.76. The maximum Gasteiger partial charge on any atom is 0.573 e. The molecule has 2 aromatic heterocycles. The molecule has 0 aliphatic carbocycles. The highest BCUT2D eigenvalue weighted by Crippen LogP contribution is 2.27. The first-order chi connectivity index (χ1) is 18.7. The summed E-state index contributed by atoms with van der Waals surface area (Å²) in [7, 11) is 0. The minimum absolute atomic E-state index is 0.194. The molecular formula is C28H28F3N5O3. The zero-order chi connectivity index (χ0) is 27.4. The minimum Gasteiger partial charge on any atom is -0.406 e. The van der Waals surface area contributed by atoms with Gasteiger partial charge in [0.25, 0.3) is 5.89 Å². The summed E-state index contributed by atoms with van der Waals surface area (Å²) < 4.78 is 48.2. The molecule has 1 aliphatic rings. The average molecular weight is 540 g/mol. The predicted octanol–water partition coefficient (Wildman–Crippen LogP) is 5.45. The van der Waals surface area contributed by atoms with E-state index in [1.807, 2.05) is 41.9 Å². The Morgan fingerprint density at radius 3 is 2.54 bits per heavy atom. The van der Waals surface area contributed by atoms with Gasteiger partial charge in [-0.05, 0) is 74.3 Å². The zero-order valence-corrected chi connectivity index (χ0v) is 21.4. The molecule has 1 aliphatic heterocycles. The van der Waals surface area contributed by atoms with Crippen LogP contribution in [0, 0.1) is 6.92 Å². The summed E-state index contributed by atoms with van der Waals surface area (Å²) in [5.74, 6) is 0.323. The van der Waals surface area contributed by atoms with Gasteiger partial charge in [-0.25, -0.2) is 0 Å². The van der Waals surface area contributed by atoms with Crippen LogP contribution in [0.2, 0.25) is 0 Å². The zero-order valence-electron chi connectivity index (χ0n) is 21.4. The molecule has 0 amide bonds. The number of aromatic nitrogens is 4. The van der Waals surface area contributed by atoms with E-state index in [2.05, 4.69) is 24.9 Å². The lowest BCUT2D eigenvalue weighted by Gasteiger charge is -2.13. The largest absolute Gasteiger partial charge is 0.573 e. The van der Waals surface area contributed by atoms with Gasteiger partial charge in [0, 0.05) is 30.6 Å². The maximum absolute atomic E-state index is 12.5. The lowest BCUT2D eigenvalue weighted by molar-refractivity contribution is -0.274. The molecule has 0 spiro atoms. The first kappa shape index (κ1) is 26.6. The van der Waals surface area contributed by atoms with Crippen LogP contribution in [0.3, 0.4) is 0 Å². The number of likely N-dealkylation sites (tertiary alicyclic amines) is 1. The van der Waals surface area contributed by atoms with Gasteiger partial charge in [0.05, 0.1) is 6.54 Å². The topological polar surface area (TPSA) is 86.3 Å². The number of carbonyl (C=O) groups excluding carboxylic acids is 1. The second-order valence-electron chi connectivity index (χ2n) is 9.66. The Hall–Kier alpha value is -3.99. The molecule has 0 atom stereocenters. The van der Waals surface area contributed by atoms with Crippen molar-refractivity contribution in [2.45, 2.75) is 45.5 Å². The van der Waals surface area contributed by atoms with Crippen molar-refractivity contribution in [3.8, 4) is 28.7 Å². The number of ketones is 1. The van der Waals surface area contributed by atoms with E-state index in [9.17, 15) is 18.0 Å². The monoisotopic (exact) mass is 539 g/mol. The van der Waals surface area contributed by atoms with E-state index in [4.69, 9.17) is 4.52 Å². The smallest absolute Gasteiger partial charge is 0.406 e. The van der Waals surface area contributed by atoms with E-state index < -0.39 is 6.36 Å². The lowest BCUT2D eigenvalue weighted by Crippen LogP contribution is -2.23. The summed E-state index contributed by atoms with van der Waals surface area (Å²) in [4.78, 5) is 19.2. The third-order valence-corrected chi connectivity index (χ3v) is 6.60. The Bertz CT molecular complexity index is 1420. The van der Waals surface area contributed by atoms with Crippen LogP contribution >= 0.6 is 0 Å². The van der Waals surface area contributed by atoms with Crippen LogP contribution in [0.15, 0.2) is 59.1 Å². The van der Waals surface area contributed by atoms with Crippen molar-refractivity contribution < 1.29 is 27.2 Å². The quantitative estimate of drug-likeness (QED) is 0.265. The molecule has 1 fully saturated rings. The standard InChI is InChI=1S/C28H28F3N5O3/c1-19-15-25(27-32-26(34-39-27)22-7-9-24(10-8-22)38-28(29,30)31)33-36(19)18-21-6-4-5-20(16-21)17-23(37)11-14-35-12-2-3-13-35/h4-10,15-16H,2-3,11-14,17-18H2,1H3. The summed E-state index contributed by atoms with van der Waals surface area (Å²) in [6, 6.07) is 15.0. The summed E-state index contributed by atoms with van der Waals surface area (Å²) in [6.45, 7) is 5.44. The van der Waals surface area contributed by atoms with Crippen LogP contribution < -0.4 is 4.74 Å². The molecule has 2 aromatic carbocycles. The first-order valence-electron chi connectivity index (χ1n) is 12.8. The summed E-state index contributed by atoms with van der Waals surface area (Å²) in [5.41, 5.74) is 3.84. The van der Waals surface area contributed by atoms with E-state index in [1.54, 1.807) is 0 Å². The van der Waals surface area contributed by atoms with Gasteiger partial charge >= 0.3 is 6.36 Å². The Labute approximate surface area is 223 Å². The van der Waals surface area contributed by atoms with Crippen molar-refractivity contribution in [3.63, 3.8) is 0 Å². The third kappa shape index (κ3) is 7.11. The Kier molecular flexibility index (Phi) is 7.78. The second kappa shape index (κ2) is 11.4. The number of Topliss-reactive ketones (excluding diaryl/α,β-unsaturated/α-hetero) is 1. The van der Waals surface area contributed by atoms with Crippen molar-refractivity contribution in [1.29, 1.82) is 0 Å². The SMILES string of the molecule is Cc1cc(-c2nc(-c3ccc(OC(F)(F)F)cc3)no2)nn1Cc1cccc(CC(=O)CCN2CCCC2)c1. The highest BCUT2D eigenvalue weighted by Gasteiger charge is 2.31. The molecule has 11 heteroatoms. The van der Waals surface area contributed by atoms with Crippen LogP contribution in [-0.4, -0.2) is 56.6 Å². The second-order valence-corrected chi connectivity index (χ2v) is 9.66. The number of rotatable bonds is 10. The molecule has 5 rings (SSSR count). The van der Waals surface area contributed by atoms with Gasteiger partial charge in [0.1, 0.15) is 11.5 Å². The number of hydrogen-bond acceptors (Lipinski definition) is 7. The van der Waals surface area contributed by atoms with Crippen LogP contribution in [0.4, 0.5) is 13.2 Å². The molecule has 0 unspecified atom stereocenters. The van der Waals surface area contributed by atoms with Gasteiger partial charge in [-0.15, -0.1) is 13.2 Å². The van der Waals surface area contributed by atoms with E-state index in [0.717, 1.165) is 36.5 Å². The maximum atomic E-state index is 12.5. The van der Waals surface area contributed by atoms with Gasteiger partial charge in [0.2, 0.25) is 5.82 Å². The number of carbonyl (C=O) groups is 1. The summed E-state index contributed by atoms with van der Waals surface area (Å²) >= 11 is 0. The van der Waals surface area contributed by atoms with Gasteiger partial charge in [-0.1, -0.05) is 29.4 Å². The number of benzene rings is 2. The molecule has 1 saturated heterocycles. The van der Waals surface area contributed by atoms with Crippen molar-refractivity contribution in [3.05, 3.63) is 71.4 Å². The predicted molar refractivity (Wildman–Crippen MR) is 137 cm³/mol. The van der Waals surface area contributed by atoms with E-state index in [-0.39, 0.29) is 23.2 Å². The molecule has 0 N–H and O–H groups in total. The van der Waals surface area contributed by atoms with Gasteiger partial charge in [-0.3, -0.25) is 9.48 Å². The number of ether oxygens (including phenoxy) is 1. The van der Waals surface area contributed by atoms with Crippen LogP contribution in [0.5, 0.6) is 5.75 Å². The molecule has 4 aromatic rings. The number of hydrogen-bond donors (Lipinski definition) is 0. The molecule has 0 radical (unpaired) electrons. The fourth-order valence-corrected chi connectivity index (χ4v) is 4.64. The number of aryl methyl sites for hydroxylation is 1. The Morgan fingerprint density at radius 1 is 1.05 bits per heavy atom. The Balaban J connectivity index is 1.22. The normalized spacial score (nSPS) is 14.2. The van der Waals surface area contributed by atoms with Gasteiger partial charge < -0.3 is 14.2 Å².